The van der Waals surface area contributed by atoms with Crippen LogP contribution in [0.2, 0.25) is 0 Å². The molecule has 9 aromatic carbocycles. The van der Waals surface area contributed by atoms with Crippen LogP contribution in [0.1, 0.15) is 61.1 Å². The van der Waals surface area contributed by atoms with Crippen LogP contribution < -0.4 is 9.80 Å². The monoisotopic (exact) mass is 954 g/mol. The molecule has 2 heterocycles. The van der Waals surface area contributed by atoms with Crippen LogP contribution in [0, 0.1) is 13.8 Å². The number of rotatable bonds is 8. The number of para-hydroxylation sites is 4. The van der Waals surface area contributed by atoms with Gasteiger partial charge in [0.05, 0.1) is 17.1 Å². The lowest BCUT2D eigenvalue weighted by Crippen LogP contribution is -2.25. The summed E-state index contributed by atoms with van der Waals surface area (Å²) >= 11 is 2.53. The predicted octanol–water partition coefficient (Wildman–Crippen LogP) is 19.0. The molecule has 0 saturated heterocycles. The lowest BCUT2D eigenvalue weighted by Gasteiger charge is -2.32. The summed E-state index contributed by atoms with van der Waals surface area (Å²) in [5, 5.41) is 6.84. The third-order valence-corrected chi connectivity index (χ3v) is 15.4. The van der Waals surface area contributed by atoms with Gasteiger partial charge in [-0.1, -0.05) is 173 Å². The number of fused-ring (bicyclic) bond motifs is 13. The first-order valence-electron chi connectivity index (χ1n) is 24.6. The second-order valence-electron chi connectivity index (χ2n) is 20.3. The number of furan rings is 2. The summed E-state index contributed by atoms with van der Waals surface area (Å²) in [5.74, 6) is 0. The Morgan fingerprint density at radius 1 is 0.500 bits per heavy atom. The molecule has 2 aromatic heterocycles. The molecule has 6 heteroatoms. The Morgan fingerprint density at radius 2 is 1.00 bits per heavy atom. The fraction of sp³-hybridized carbons (Fsp3) is 0.121. The van der Waals surface area contributed by atoms with E-state index in [-0.39, 0.29) is 10.8 Å². The Labute approximate surface area is 425 Å². The van der Waals surface area contributed by atoms with Gasteiger partial charge in [-0.3, -0.25) is 0 Å². The maximum atomic E-state index is 6.78. The maximum Gasteiger partial charge on any atom is 0.159 e. The Bertz CT molecular complexity index is 4060. The van der Waals surface area contributed by atoms with Crippen molar-refractivity contribution < 1.29 is 13.4 Å². The van der Waals surface area contributed by atoms with Crippen LogP contribution >= 0.6 is 12.9 Å². The van der Waals surface area contributed by atoms with Crippen molar-refractivity contribution in [2.24, 2.45) is 0 Å². The van der Waals surface area contributed by atoms with Gasteiger partial charge in [0.1, 0.15) is 11.2 Å². The normalized spacial score (nSPS) is 14.3. The maximum absolute atomic E-state index is 6.78. The van der Waals surface area contributed by atoms with E-state index in [0.717, 1.165) is 72.3 Å². The molecule has 2 aliphatic carbocycles. The quantitative estimate of drug-likeness (QED) is 0.117. The summed E-state index contributed by atoms with van der Waals surface area (Å²) in [4.78, 5) is 4.70. The van der Waals surface area contributed by atoms with Crippen molar-refractivity contribution in [2.45, 2.75) is 52.4 Å². The summed E-state index contributed by atoms with van der Waals surface area (Å²) in [6, 6.07) is 63.5. The van der Waals surface area contributed by atoms with E-state index in [4.69, 9.17) is 13.4 Å². The summed E-state index contributed by atoms with van der Waals surface area (Å²) < 4.78 is 20.1. The molecule has 0 bridgehead atoms. The fourth-order valence-electron chi connectivity index (χ4n) is 12.0. The molecule has 352 valence electrons. The van der Waals surface area contributed by atoms with Gasteiger partial charge in [-0.15, -0.1) is 0 Å². The van der Waals surface area contributed by atoms with Gasteiger partial charge < -0.3 is 23.2 Å². The number of benzene rings is 9. The molecular formula is C66H54N2O3S. The zero-order chi connectivity index (χ0) is 49.6. The van der Waals surface area contributed by atoms with Crippen LogP contribution in [-0.4, -0.2) is 4.55 Å². The van der Waals surface area contributed by atoms with Gasteiger partial charge in [-0.2, -0.15) is 0 Å². The number of nitrogens with zero attached hydrogens (tertiary/aromatic N) is 2. The molecule has 0 saturated carbocycles. The van der Waals surface area contributed by atoms with E-state index in [1.807, 2.05) is 12.1 Å². The molecule has 0 atom stereocenters. The first kappa shape index (κ1) is 45.1. The van der Waals surface area contributed by atoms with Crippen molar-refractivity contribution in [1.29, 1.82) is 0 Å². The van der Waals surface area contributed by atoms with E-state index in [1.54, 1.807) is 0 Å². The van der Waals surface area contributed by atoms with Gasteiger partial charge in [0.2, 0.25) is 0 Å². The van der Waals surface area contributed by atoms with Crippen molar-refractivity contribution >= 4 is 102 Å². The van der Waals surface area contributed by atoms with Crippen molar-refractivity contribution in [3.05, 3.63) is 240 Å². The third-order valence-electron chi connectivity index (χ3n) is 15.4. The standard InChI is InChI=1S/C66H52N2O2.H2OS/c1-8-53-44(37-38-67(42-31-27-40(2)28-32-42)55-23-15-21-50-46-18-11-13-25-58(46)69-63(50)55)49-35-36-52-60-48-20-10-9-17-45(48)57(39-54(60)66(6,7)62(52)61(49)65(53,4)5)68(43-33-29-41(3)30-34-43)56-24-16-22-51-47-19-12-14-26-59(47)70-64(51)56;1-2/h8-39H,1H2,2-7H3;1-2H/b38-37-;. The highest BCUT2D eigenvalue weighted by molar-refractivity contribution is 7.74. The highest BCUT2D eigenvalue weighted by Crippen LogP contribution is 2.61. The minimum atomic E-state index is -0.368. The van der Waals surface area contributed by atoms with E-state index < -0.39 is 0 Å². The van der Waals surface area contributed by atoms with Crippen molar-refractivity contribution in [1.82, 2.24) is 0 Å². The smallest absolute Gasteiger partial charge is 0.159 e. The molecule has 0 aliphatic heterocycles. The zero-order valence-corrected chi connectivity index (χ0v) is 42.2. The molecule has 11 aromatic rings. The van der Waals surface area contributed by atoms with Gasteiger partial charge in [-0.05, 0) is 137 Å². The summed E-state index contributed by atoms with van der Waals surface area (Å²) in [6.45, 7) is 18.4. The highest BCUT2D eigenvalue weighted by atomic mass is 32.1. The van der Waals surface area contributed by atoms with Gasteiger partial charge in [0.25, 0.3) is 0 Å². The van der Waals surface area contributed by atoms with Gasteiger partial charge in [0.15, 0.2) is 11.2 Å². The van der Waals surface area contributed by atoms with Gasteiger partial charge in [0, 0.05) is 55.3 Å². The summed E-state index contributed by atoms with van der Waals surface area (Å²) in [7, 11) is 0. The topological polar surface area (TPSA) is 53.0 Å². The summed E-state index contributed by atoms with van der Waals surface area (Å²) in [6.07, 6.45) is 6.62. The van der Waals surface area contributed by atoms with Crippen LogP contribution in [0.25, 0.3) is 71.3 Å². The van der Waals surface area contributed by atoms with Gasteiger partial charge in [-0.25, -0.2) is 0 Å². The minimum absolute atomic E-state index is 0.349. The van der Waals surface area contributed by atoms with Crippen LogP contribution in [0.15, 0.2) is 215 Å². The molecule has 0 unspecified atom stereocenters. The molecule has 0 spiro atoms. The van der Waals surface area contributed by atoms with Crippen LogP contribution in [0.3, 0.4) is 0 Å². The molecule has 13 rings (SSSR count). The average Bonchev–Trinajstić information content (AvgIpc) is 4.11. The molecule has 72 heavy (non-hydrogen) atoms. The second-order valence-corrected chi connectivity index (χ2v) is 20.3. The van der Waals surface area contributed by atoms with Crippen LogP contribution in [-0.2, 0) is 10.8 Å². The molecule has 0 fully saturated rings. The predicted molar refractivity (Wildman–Crippen MR) is 306 cm³/mol. The van der Waals surface area contributed by atoms with Crippen LogP contribution in [0.5, 0.6) is 0 Å². The molecule has 0 radical (unpaired) electrons. The first-order chi connectivity index (χ1) is 35.0. The number of anilines is 5. The van der Waals surface area contributed by atoms with Crippen molar-refractivity contribution in [3.63, 3.8) is 0 Å². The second kappa shape index (κ2) is 17.1. The molecule has 5 nitrogen and oxygen atoms in total. The van der Waals surface area contributed by atoms with E-state index in [9.17, 15) is 0 Å². The Kier molecular flexibility index (Phi) is 10.7. The van der Waals surface area contributed by atoms with E-state index in [2.05, 4.69) is 253 Å². The lowest BCUT2D eigenvalue weighted by molar-refractivity contribution is 0.597. The Hall–Kier alpha value is -8.03. The number of allylic oxidation sites excluding steroid dienone is 4. The SMILES string of the molecule is C=CC1=C(/C=C\N(c2ccc(C)cc2)c2cccc3c2oc2ccccc23)c2ccc3c(c2C1(C)C)C(C)(C)c1cc(N(c2ccc(C)cc2)c2cccc4c2oc2ccccc24)c2ccccc2c1-3.OS. The number of hydrogen-bond acceptors (Lipinski definition) is 6. The minimum Gasteiger partial charge on any atom is -0.454 e. The van der Waals surface area contributed by atoms with Crippen molar-refractivity contribution in [2.75, 3.05) is 9.80 Å². The molecular weight excluding hydrogens is 901 g/mol. The zero-order valence-electron chi connectivity index (χ0n) is 41.3. The fourth-order valence-corrected chi connectivity index (χ4v) is 12.0. The van der Waals surface area contributed by atoms with Crippen molar-refractivity contribution in [3.8, 4) is 11.1 Å². The van der Waals surface area contributed by atoms with E-state index in [0.29, 0.717) is 0 Å². The largest absolute Gasteiger partial charge is 0.454 e. The van der Waals surface area contributed by atoms with Gasteiger partial charge >= 0.3 is 0 Å². The molecule has 1 N–H and O–H groups in total. The Balaban J connectivity index is 0.00000262. The molecule has 2 aliphatic rings. The number of aryl methyl sites for hydroxylation is 2. The lowest BCUT2D eigenvalue weighted by atomic mass is 9.71. The first-order valence-corrected chi connectivity index (χ1v) is 25.0. The van der Waals surface area contributed by atoms with E-state index in [1.165, 1.54) is 66.4 Å². The number of hydrogen-bond donors (Lipinski definition) is 2. The third kappa shape index (κ3) is 6.73. The highest BCUT2D eigenvalue weighted by Gasteiger charge is 2.47. The van der Waals surface area contributed by atoms with Crippen LogP contribution in [0.4, 0.5) is 28.4 Å². The summed E-state index contributed by atoms with van der Waals surface area (Å²) in [5.41, 5.74) is 20.7. The average molecular weight is 955 g/mol. The number of thiol groups is 1. The van der Waals surface area contributed by atoms with E-state index >= 15 is 0 Å². The Morgan fingerprint density at radius 3 is 1.61 bits per heavy atom. The molecule has 0 amide bonds.